The molecule has 0 saturated carbocycles. The molecule has 2 aromatic rings. The number of amides is 2. The molecule has 1 heterocycles. The van der Waals surface area contributed by atoms with Gasteiger partial charge >= 0.3 is 11.8 Å². The van der Waals surface area contributed by atoms with E-state index in [0.29, 0.717) is 5.69 Å². The maximum atomic E-state index is 11.8. The number of hydrogen-bond donors (Lipinski definition) is 2. The average molecular weight is 288 g/mol. The van der Waals surface area contributed by atoms with Gasteiger partial charge in [-0.2, -0.15) is 0 Å². The van der Waals surface area contributed by atoms with Crippen LogP contribution in [0.1, 0.15) is 11.8 Å². The van der Waals surface area contributed by atoms with Crippen LogP contribution in [0.3, 0.4) is 0 Å². The van der Waals surface area contributed by atoms with Crippen LogP contribution < -0.4 is 10.6 Å². The topological polar surface area (TPSA) is 58.2 Å². The standard InChI is InChI=1S/C15H16N2O2S/c1-11(10-13-8-5-9-20-13)16-14(18)15(19)17-12-6-3-2-4-7-12/h2-9,11H,10H2,1H3,(H,16,18)(H,17,19)/t11-/m0/s1. The van der Waals surface area contributed by atoms with Gasteiger partial charge in [-0.25, -0.2) is 0 Å². The van der Waals surface area contributed by atoms with Crippen LogP contribution >= 0.6 is 11.3 Å². The lowest BCUT2D eigenvalue weighted by molar-refractivity contribution is -0.136. The summed E-state index contributed by atoms with van der Waals surface area (Å²) in [6.07, 6.45) is 0.724. The van der Waals surface area contributed by atoms with Crippen molar-refractivity contribution in [3.05, 3.63) is 52.7 Å². The summed E-state index contributed by atoms with van der Waals surface area (Å²) in [6.45, 7) is 1.88. The number of rotatable bonds is 4. The average Bonchev–Trinajstić information content (AvgIpc) is 2.92. The number of carbonyl (C=O) groups is 2. The molecular weight excluding hydrogens is 272 g/mol. The van der Waals surface area contributed by atoms with E-state index < -0.39 is 11.8 Å². The van der Waals surface area contributed by atoms with Crippen molar-refractivity contribution in [3.63, 3.8) is 0 Å². The van der Waals surface area contributed by atoms with Crippen molar-refractivity contribution in [2.24, 2.45) is 0 Å². The van der Waals surface area contributed by atoms with Crippen LogP contribution in [-0.2, 0) is 16.0 Å². The maximum Gasteiger partial charge on any atom is 0.313 e. The first-order valence-corrected chi connectivity index (χ1v) is 7.22. The lowest BCUT2D eigenvalue weighted by Gasteiger charge is -2.12. The van der Waals surface area contributed by atoms with Crippen molar-refractivity contribution in [1.82, 2.24) is 5.32 Å². The molecule has 2 N–H and O–H groups in total. The first-order chi connectivity index (χ1) is 9.65. The molecule has 0 bridgehead atoms. The van der Waals surface area contributed by atoms with Crippen LogP contribution in [0.25, 0.3) is 0 Å². The number of nitrogens with one attached hydrogen (secondary N) is 2. The highest BCUT2D eigenvalue weighted by Crippen LogP contribution is 2.11. The molecule has 1 atom stereocenters. The van der Waals surface area contributed by atoms with E-state index in [9.17, 15) is 9.59 Å². The van der Waals surface area contributed by atoms with E-state index in [4.69, 9.17) is 0 Å². The van der Waals surface area contributed by atoms with Crippen LogP contribution in [0.4, 0.5) is 5.69 Å². The van der Waals surface area contributed by atoms with Crippen LogP contribution in [0, 0.1) is 0 Å². The Kier molecular flexibility index (Phi) is 4.90. The molecule has 1 aromatic heterocycles. The number of benzene rings is 1. The molecule has 1 aromatic carbocycles. The Morgan fingerprint density at radius 2 is 1.85 bits per heavy atom. The van der Waals surface area contributed by atoms with Crippen molar-refractivity contribution < 1.29 is 9.59 Å². The highest BCUT2D eigenvalue weighted by molar-refractivity contribution is 7.09. The van der Waals surface area contributed by atoms with Gasteiger partial charge in [-0.3, -0.25) is 9.59 Å². The first-order valence-electron chi connectivity index (χ1n) is 6.34. The second kappa shape index (κ2) is 6.86. The summed E-state index contributed by atoms with van der Waals surface area (Å²) >= 11 is 1.64. The molecule has 0 unspecified atom stereocenters. The van der Waals surface area contributed by atoms with Gasteiger partial charge in [0.25, 0.3) is 0 Å². The zero-order valence-electron chi connectivity index (χ0n) is 11.1. The third-order valence-electron chi connectivity index (χ3n) is 2.70. The van der Waals surface area contributed by atoms with Crippen LogP contribution in [0.5, 0.6) is 0 Å². The first kappa shape index (κ1) is 14.3. The lowest BCUT2D eigenvalue weighted by atomic mass is 10.2. The molecule has 104 valence electrons. The highest BCUT2D eigenvalue weighted by atomic mass is 32.1. The minimum absolute atomic E-state index is 0.0809. The molecule has 5 heteroatoms. The van der Waals surface area contributed by atoms with Crippen LogP contribution in [0.2, 0.25) is 0 Å². The molecule has 4 nitrogen and oxygen atoms in total. The zero-order valence-corrected chi connectivity index (χ0v) is 11.9. The molecule has 2 rings (SSSR count). The van der Waals surface area contributed by atoms with Crippen molar-refractivity contribution in [2.75, 3.05) is 5.32 Å². The Labute approximate surface area is 121 Å². The Hall–Kier alpha value is -2.14. The minimum atomic E-state index is -0.644. The van der Waals surface area contributed by atoms with Gasteiger partial charge in [0, 0.05) is 23.0 Å². The van der Waals surface area contributed by atoms with Gasteiger partial charge in [0.2, 0.25) is 0 Å². The summed E-state index contributed by atoms with van der Waals surface area (Å²) in [5.74, 6) is -1.26. The summed E-state index contributed by atoms with van der Waals surface area (Å²) < 4.78 is 0. The summed E-state index contributed by atoms with van der Waals surface area (Å²) in [7, 11) is 0. The fourth-order valence-corrected chi connectivity index (χ4v) is 2.62. The molecular formula is C15H16N2O2S. The van der Waals surface area contributed by atoms with Gasteiger partial charge in [-0.15, -0.1) is 11.3 Å². The largest absolute Gasteiger partial charge is 0.345 e. The van der Waals surface area contributed by atoms with Gasteiger partial charge in [0.1, 0.15) is 0 Å². The number of para-hydroxylation sites is 1. The predicted octanol–water partition coefficient (Wildman–Crippen LogP) is 2.43. The van der Waals surface area contributed by atoms with Gasteiger partial charge in [-0.1, -0.05) is 24.3 Å². The summed E-state index contributed by atoms with van der Waals surface area (Å²) in [5.41, 5.74) is 0.610. The van der Waals surface area contributed by atoms with Gasteiger partial charge in [-0.05, 0) is 30.5 Å². The van der Waals surface area contributed by atoms with E-state index >= 15 is 0 Å². The summed E-state index contributed by atoms with van der Waals surface area (Å²) in [5, 5.41) is 7.24. The SMILES string of the molecule is C[C@@H](Cc1cccs1)NC(=O)C(=O)Nc1ccccc1. The van der Waals surface area contributed by atoms with E-state index in [1.807, 2.05) is 30.5 Å². The molecule has 0 aliphatic carbocycles. The molecule has 0 aliphatic heterocycles. The second-order valence-electron chi connectivity index (χ2n) is 4.48. The Morgan fingerprint density at radius 3 is 2.50 bits per heavy atom. The second-order valence-corrected chi connectivity index (χ2v) is 5.51. The Bertz CT molecular complexity index is 567. The fraction of sp³-hybridized carbons (Fsp3) is 0.200. The van der Waals surface area contributed by atoms with Gasteiger partial charge < -0.3 is 10.6 Å². The fourth-order valence-electron chi connectivity index (χ4n) is 1.78. The Morgan fingerprint density at radius 1 is 1.10 bits per heavy atom. The van der Waals surface area contributed by atoms with E-state index in [0.717, 1.165) is 6.42 Å². The maximum absolute atomic E-state index is 11.8. The van der Waals surface area contributed by atoms with Gasteiger partial charge in [0.05, 0.1) is 0 Å². The number of thiophene rings is 1. The quantitative estimate of drug-likeness (QED) is 0.849. The van der Waals surface area contributed by atoms with Crippen molar-refractivity contribution in [1.29, 1.82) is 0 Å². The normalized spacial score (nSPS) is 11.7. The van der Waals surface area contributed by atoms with Crippen LogP contribution in [-0.4, -0.2) is 17.9 Å². The number of hydrogen-bond acceptors (Lipinski definition) is 3. The predicted molar refractivity (Wildman–Crippen MR) is 80.7 cm³/mol. The zero-order chi connectivity index (χ0) is 14.4. The molecule has 0 saturated heterocycles. The van der Waals surface area contributed by atoms with E-state index in [-0.39, 0.29) is 6.04 Å². The molecule has 0 fully saturated rings. The molecule has 0 aliphatic rings. The van der Waals surface area contributed by atoms with Crippen molar-refractivity contribution >= 4 is 28.8 Å². The molecule has 20 heavy (non-hydrogen) atoms. The summed E-state index contributed by atoms with van der Waals surface area (Å²) in [4.78, 5) is 24.7. The van der Waals surface area contributed by atoms with Crippen molar-refractivity contribution in [3.8, 4) is 0 Å². The van der Waals surface area contributed by atoms with E-state index in [2.05, 4.69) is 10.6 Å². The molecule has 0 spiro atoms. The smallest absolute Gasteiger partial charge is 0.313 e. The number of carbonyl (C=O) groups excluding carboxylic acids is 2. The molecule has 2 amide bonds. The lowest BCUT2D eigenvalue weighted by Crippen LogP contribution is -2.41. The van der Waals surface area contributed by atoms with Crippen LogP contribution in [0.15, 0.2) is 47.8 Å². The van der Waals surface area contributed by atoms with Crippen molar-refractivity contribution in [2.45, 2.75) is 19.4 Å². The monoisotopic (exact) mass is 288 g/mol. The third-order valence-corrected chi connectivity index (χ3v) is 3.60. The summed E-state index contributed by atoms with van der Waals surface area (Å²) in [6, 6.07) is 12.8. The van der Waals surface area contributed by atoms with E-state index in [1.54, 1.807) is 35.6 Å². The number of anilines is 1. The van der Waals surface area contributed by atoms with Gasteiger partial charge in [0.15, 0.2) is 0 Å². The van der Waals surface area contributed by atoms with E-state index in [1.165, 1.54) is 4.88 Å². The third kappa shape index (κ3) is 4.20. The minimum Gasteiger partial charge on any atom is -0.345 e. The molecule has 0 radical (unpaired) electrons. The Balaban J connectivity index is 1.83. The highest BCUT2D eigenvalue weighted by Gasteiger charge is 2.16.